The van der Waals surface area contributed by atoms with E-state index in [1.165, 1.54) is 0 Å². The lowest BCUT2D eigenvalue weighted by Crippen LogP contribution is -2.04. The Balaban J connectivity index is 1.39. The molecule has 0 spiro atoms. The Kier molecular flexibility index (Phi) is 8.55. The summed E-state index contributed by atoms with van der Waals surface area (Å²) in [6.45, 7) is 3.27. The highest BCUT2D eigenvalue weighted by Gasteiger charge is 2.09. The van der Waals surface area contributed by atoms with Crippen LogP contribution in [0.3, 0.4) is 0 Å². The number of benzene rings is 3. The van der Waals surface area contributed by atoms with Gasteiger partial charge in [-0.25, -0.2) is 9.78 Å². The van der Waals surface area contributed by atoms with Crippen LogP contribution < -0.4 is 4.74 Å². The number of hydrogen-bond acceptors (Lipinski definition) is 5. The first-order chi connectivity index (χ1) is 17.6. The molecule has 1 aromatic heterocycles. The molecule has 36 heavy (non-hydrogen) atoms. The summed E-state index contributed by atoms with van der Waals surface area (Å²) in [7, 11) is 0. The molecule has 4 rings (SSSR count). The summed E-state index contributed by atoms with van der Waals surface area (Å²) in [4.78, 5) is 19.3. The van der Waals surface area contributed by atoms with E-state index in [-0.39, 0.29) is 6.42 Å². The monoisotopic (exact) mass is 502 g/mol. The summed E-state index contributed by atoms with van der Waals surface area (Å²) in [5.74, 6) is 0.934. The van der Waals surface area contributed by atoms with E-state index in [1.807, 2.05) is 60.8 Å². The van der Waals surface area contributed by atoms with Gasteiger partial charge in [0.05, 0.1) is 23.7 Å². The number of aromatic nitrogens is 2. The van der Waals surface area contributed by atoms with Crippen molar-refractivity contribution in [2.45, 2.75) is 26.3 Å². The van der Waals surface area contributed by atoms with Gasteiger partial charge in [-0.2, -0.15) is 5.26 Å². The van der Waals surface area contributed by atoms with Gasteiger partial charge in [-0.05, 0) is 54.3 Å². The lowest BCUT2D eigenvalue weighted by atomic mass is 10.0. The molecular weight excluding hydrogens is 476 g/mol. The zero-order valence-electron chi connectivity index (χ0n) is 19.9. The van der Waals surface area contributed by atoms with E-state index >= 15 is 0 Å². The molecule has 0 aliphatic rings. The molecule has 3 aromatic carbocycles. The molecule has 7 heteroatoms. The highest BCUT2D eigenvalue weighted by atomic mass is 35.5. The van der Waals surface area contributed by atoms with Gasteiger partial charge in [0.15, 0.2) is 0 Å². The third-order valence-electron chi connectivity index (χ3n) is 5.72. The Morgan fingerprint density at radius 2 is 1.69 bits per heavy atom. The van der Waals surface area contributed by atoms with Crippen molar-refractivity contribution in [1.29, 1.82) is 0 Å². The molecule has 0 atom stereocenters. The molecule has 0 saturated heterocycles. The van der Waals surface area contributed by atoms with E-state index < -0.39 is 5.97 Å². The minimum Gasteiger partial charge on any atom is -0.494 e. The molecule has 1 N–H and O–H groups in total. The number of nitrogens with zero attached hydrogens (tertiary/aromatic N) is 2. The highest BCUT2D eigenvalue weighted by Crippen LogP contribution is 2.28. The first-order valence-electron chi connectivity index (χ1n) is 11.7. The SMILES string of the molecule is CCn1cc(-c2ccccc2Cl)nc1/C=C/c1ccc(-c2ccc(OCCCC(=O)OO)cc2)cc1. The molecule has 1 heterocycles. The third kappa shape index (κ3) is 6.42. The highest BCUT2D eigenvalue weighted by molar-refractivity contribution is 6.33. The molecule has 0 unspecified atom stereocenters. The first-order valence-corrected chi connectivity index (χ1v) is 12.1. The lowest BCUT2D eigenvalue weighted by Gasteiger charge is -2.07. The Morgan fingerprint density at radius 3 is 2.36 bits per heavy atom. The number of halogens is 1. The van der Waals surface area contributed by atoms with Crippen molar-refractivity contribution in [2.75, 3.05) is 6.61 Å². The van der Waals surface area contributed by atoms with Crippen LogP contribution in [0.1, 0.15) is 31.2 Å². The van der Waals surface area contributed by atoms with Crippen LogP contribution in [0, 0.1) is 0 Å². The fraction of sp³-hybridized carbons (Fsp3) is 0.172. The van der Waals surface area contributed by atoms with Gasteiger partial charge in [-0.15, -0.1) is 0 Å². The number of aryl methyl sites for hydroxylation is 1. The summed E-state index contributed by atoms with van der Waals surface area (Å²) in [6, 6.07) is 23.8. The molecule has 0 aliphatic carbocycles. The fourth-order valence-electron chi connectivity index (χ4n) is 3.77. The topological polar surface area (TPSA) is 73.6 Å². The van der Waals surface area contributed by atoms with Crippen LogP contribution in [0.4, 0.5) is 0 Å². The second-order valence-electron chi connectivity index (χ2n) is 8.15. The maximum atomic E-state index is 10.9. The number of carbonyl (C=O) groups excluding carboxylic acids is 1. The van der Waals surface area contributed by atoms with Crippen LogP contribution in [-0.4, -0.2) is 27.4 Å². The van der Waals surface area contributed by atoms with Crippen molar-refractivity contribution in [1.82, 2.24) is 9.55 Å². The van der Waals surface area contributed by atoms with Crippen LogP contribution in [0.25, 0.3) is 34.5 Å². The Labute approximate surface area is 215 Å². The van der Waals surface area contributed by atoms with Gasteiger partial charge < -0.3 is 14.2 Å². The Hall–Kier alpha value is -3.87. The maximum absolute atomic E-state index is 10.9. The molecule has 0 radical (unpaired) electrons. The largest absolute Gasteiger partial charge is 0.494 e. The quantitative estimate of drug-likeness (QED) is 0.140. The molecule has 0 aliphatic heterocycles. The molecule has 0 saturated carbocycles. The normalized spacial score (nSPS) is 11.1. The van der Waals surface area contributed by atoms with Crippen molar-refractivity contribution in [2.24, 2.45) is 0 Å². The second kappa shape index (κ2) is 12.2. The first kappa shape index (κ1) is 25.2. The minimum atomic E-state index is -0.662. The van der Waals surface area contributed by atoms with Crippen LogP contribution in [0.5, 0.6) is 5.75 Å². The van der Waals surface area contributed by atoms with E-state index in [4.69, 9.17) is 26.6 Å². The van der Waals surface area contributed by atoms with E-state index in [1.54, 1.807) is 0 Å². The molecule has 0 fully saturated rings. The van der Waals surface area contributed by atoms with Crippen molar-refractivity contribution < 1.29 is 19.7 Å². The van der Waals surface area contributed by atoms with Gasteiger partial charge in [0.25, 0.3) is 0 Å². The van der Waals surface area contributed by atoms with Gasteiger partial charge >= 0.3 is 5.97 Å². The van der Waals surface area contributed by atoms with Crippen molar-refractivity contribution in [3.05, 3.63) is 95.4 Å². The van der Waals surface area contributed by atoms with Crippen molar-refractivity contribution in [3.8, 4) is 28.1 Å². The Bertz CT molecular complexity index is 1330. The van der Waals surface area contributed by atoms with Gasteiger partial charge in [0, 0.05) is 18.3 Å². The number of rotatable bonds is 10. The van der Waals surface area contributed by atoms with E-state index in [2.05, 4.69) is 46.7 Å². The maximum Gasteiger partial charge on any atom is 0.342 e. The second-order valence-corrected chi connectivity index (χ2v) is 8.55. The smallest absolute Gasteiger partial charge is 0.342 e. The molecule has 0 bridgehead atoms. The van der Waals surface area contributed by atoms with E-state index in [0.717, 1.165) is 46.1 Å². The molecule has 6 nitrogen and oxygen atoms in total. The average Bonchev–Trinajstić information content (AvgIpc) is 3.33. The van der Waals surface area contributed by atoms with Gasteiger partial charge in [0.2, 0.25) is 0 Å². The predicted octanol–water partition coefficient (Wildman–Crippen LogP) is 7.24. The van der Waals surface area contributed by atoms with E-state index in [9.17, 15) is 4.79 Å². The standard InChI is InChI=1S/C29H27ClN2O4/c1-2-32-20-27(25-6-3-4-7-26(25)30)31-28(32)18-11-21-9-12-22(13-10-21)23-14-16-24(17-15-23)35-19-5-8-29(33)36-34/h3-4,6-7,9-18,20,34H,2,5,8,19H2,1H3/b18-11+. The van der Waals surface area contributed by atoms with Crippen molar-refractivity contribution in [3.63, 3.8) is 0 Å². The molecular formula is C29H27ClN2O4. The zero-order valence-corrected chi connectivity index (χ0v) is 20.7. The predicted molar refractivity (Wildman–Crippen MR) is 143 cm³/mol. The number of carbonyl (C=O) groups is 1. The summed E-state index contributed by atoms with van der Waals surface area (Å²) in [5.41, 5.74) is 5.03. The molecule has 4 aromatic rings. The van der Waals surface area contributed by atoms with Crippen LogP contribution >= 0.6 is 11.6 Å². The van der Waals surface area contributed by atoms with Crippen LogP contribution in [0.2, 0.25) is 5.02 Å². The van der Waals surface area contributed by atoms with E-state index in [0.29, 0.717) is 18.1 Å². The molecule has 184 valence electrons. The number of hydrogen-bond donors (Lipinski definition) is 1. The molecule has 0 amide bonds. The third-order valence-corrected chi connectivity index (χ3v) is 6.05. The van der Waals surface area contributed by atoms with Gasteiger partial charge in [-0.1, -0.05) is 72.3 Å². The summed E-state index contributed by atoms with van der Waals surface area (Å²) >= 11 is 6.36. The number of ether oxygens (including phenoxy) is 1. The summed E-state index contributed by atoms with van der Waals surface area (Å²) in [5, 5.41) is 8.95. The summed E-state index contributed by atoms with van der Waals surface area (Å²) in [6.07, 6.45) is 6.68. The van der Waals surface area contributed by atoms with Crippen LogP contribution in [-0.2, 0) is 16.2 Å². The van der Waals surface area contributed by atoms with Gasteiger partial charge in [0.1, 0.15) is 11.6 Å². The van der Waals surface area contributed by atoms with Crippen LogP contribution in [0.15, 0.2) is 79.0 Å². The van der Waals surface area contributed by atoms with Gasteiger partial charge in [-0.3, -0.25) is 0 Å². The number of imidazole rings is 1. The lowest BCUT2D eigenvalue weighted by molar-refractivity contribution is -0.234. The fourth-order valence-corrected chi connectivity index (χ4v) is 4.00. The minimum absolute atomic E-state index is 0.109. The Morgan fingerprint density at radius 1 is 1.00 bits per heavy atom. The van der Waals surface area contributed by atoms with Crippen molar-refractivity contribution >= 4 is 29.7 Å². The summed E-state index contributed by atoms with van der Waals surface area (Å²) < 4.78 is 7.73. The zero-order chi connectivity index (χ0) is 25.3. The average molecular weight is 503 g/mol.